The fraction of sp³-hybridized carbons (Fsp3) is 0.286. The van der Waals surface area contributed by atoms with Crippen molar-refractivity contribution in [2.24, 2.45) is 5.92 Å². The molecule has 28 heavy (non-hydrogen) atoms. The van der Waals surface area contributed by atoms with Gasteiger partial charge in [0.1, 0.15) is 11.4 Å². The van der Waals surface area contributed by atoms with Crippen molar-refractivity contribution in [2.45, 2.75) is 27.3 Å². The van der Waals surface area contributed by atoms with Crippen molar-refractivity contribution in [2.75, 3.05) is 6.61 Å². The Balaban J connectivity index is 1.63. The zero-order valence-electron chi connectivity index (χ0n) is 16.1. The Bertz CT molecular complexity index is 1080. The van der Waals surface area contributed by atoms with Crippen molar-refractivity contribution in [3.63, 3.8) is 0 Å². The van der Waals surface area contributed by atoms with E-state index in [1.165, 1.54) is 0 Å². The van der Waals surface area contributed by atoms with Crippen LogP contribution < -0.4 is 4.74 Å². The summed E-state index contributed by atoms with van der Waals surface area (Å²) in [5, 5.41) is 5.41. The van der Waals surface area contributed by atoms with Crippen LogP contribution in [0.5, 0.6) is 5.75 Å². The molecule has 0 unspecified atom stereocenters. The maximum atomic E-state index is 6.22. The summed E-state index contributed by atoms with van der Waals surface area (Å²) in [5.41, 5.74) is 4.38. The number of halogens is 1. The molecule has 0 radical (unpaired) electrons. The summed E-state index contributed by atoms with van der Waals surface area (Å²) in [6, 6.07) is 11.5. The Morgan fingerprint density at radius 1 is 1.21 bits per heavy atom. The van der Waals surface area contributed by atoms with E-state index in [2.05, 4.69) is 28.8 Å². The van der Waals surface area contributed by atoms with Crippen LogP contribution in [0, 0.1) is 12.8 Å². The first-order valence-electron chi connectivity index (χ1n) is 9.26. The van der Waals surface area contributed by atoms with Gasteiger partial charge in [-0.1, -0.05) is 25.4 Å². The average Bonchev–Trinajstić information content (AvgIpc) is 3.24. The Morgan fingerprint density at radius 2 is 2.07 bits per heavy atom. The third-order valence-corrected chi connectivity index (χ3v) is 4.63. The third kappa shape index (κ3) is 3.87. The van der Waals surface area contributed by atoms with E-state index in [-0.39, 0.29) is 0 Å². The topological polar surface area (TPSA) is 68.6 Å². The lowest BCUT2D eigenvalue weighted by Crippen LogP contribution is -2.09. The largest absolute Gasteiger partial charge is 0.493 e. The van der Waals surface area contributed by atoms with Gasteiger partial charge >= 0.3 is 0 Å². The summed E-state index contributed by atoms with van der Waals surface area (Å²) in [4.78, 5) is 12.1. The highest BCUT2D eigenvalue weighted by molar-refractivity contribution is 6.30. The number of ether oxygens (including phenoxy) is 1. The molecule has 1 aromatic carbocycles. The van der Waals surface area contributed by atoms with E-state index in [9.17, 15) is 0 Å². The van der Waals surface area contributed by atoms with Crippen LogP contribution in [0.25, 0.3) is 22.7 Å². The molecule has 0 amide bonds. The number of nitrogens with zero attached hydrogens (tertiary/aromatic N) is 4. The molecule has 0 bridgehead atoms. The first kappa shape index (κ1) is 18.5. The number of aromatic nitrogens is 5. The lowest BCUT2D eigenvalue weighted by molar-refractivity contribution is 0.268. The molecule has 1 N–H and O–H groups in total. The lowest BCUT2D eigenvalue weighted by Gasteiger charge is -2.14. The number of nitrogens with one attached hydrogen (secondary N) is 1. The fourth-order valence-corrected chi connectivity index (χ4v) is 3.18. The average molecular weight is 396 g/mol. The second-order valence-electron chi connectivity index (χ2n) is 7.25. The molecule has 0 aliphatic carbocycles. The number of benzene rings is 1. The first-order chi connectivity index (χ1) is 13.5. The van der Waals surface area contributed by atoms with E-state index in [0.29, 0.717) is 35.6 Å². The number of imidazole rings is 1. The maximum absolute atomic E-state index is 6.22. The molecular formula is C21H22ClN5O. The molecule has 0 fully saturated rings. The molecule has 0 saturated heterocycles. The summed E-state index contributed by atoms with van der Waals surface area (Å²) in [5.74, 6) is 1.99. The Morgan fingerprint density at radius 3 is 2.86 bits per heavy atom. The van der Waals surface area contributed by atoms with Crippen LogP contribution in [0.2, 0.25) is 5.02 Å². The molecule has 3 heterocycles. The van der Waals surface area contributed by atoms with Gasteiger partial charge in [0.05, 0.1) is 18.7 Å². The molecule has 0 aliphatic rings. The van der Waals surface area contributed by atoms with Crippen molar-refractivity contribution >= 4 is 22.8 Å². The molecule has 0 aliphatic heterocycles. The van der Waals surface area contributed by atoms with Crippen LogP contribution >= 0.6 is 11.6 Å². The molecule has 144 valence electrons. The van der Waals surface area contributed by atoms with E-state index in [4.69, 9.17) is 21.4 Å². The molecule has 7 heteroatoms. The number of fused-ring (bicyclic) bond motifs is 1. The van der Waals surface area contributed by atoms with Gasteiger partial charge in [-0.2, -0.15) is 5.10 Å². The van der Waals surface area contributed by atoms with E-state index in [1.807, 2.05) is 48.0 Å². The molecule has 0 saturated carbocycles. The Kier molecular flexibility index (Phi) is 5.05. The summed E-state index contributed by atoms with van der Waals surface area (Å²) in [7, 11) is 0. The molecule has 4 rings (SSSR count). The monoisotopic (exact) mass is 395 g/mol. The number of pyridine rings is 1. The van der Waals surface area contributed by atoms with E-state index < -0.39 is 0 Å². The van der Waals surface area contributed by atoms with Crippen LogP contribution in [-0.2, 0) is 6.54 Å². The number of aromatic amines is 1. The minimum absolute atomic E-state index is 0.447. The molecule has 6 nitrogen and oxygen atoms in total. The Labute approximate surface area is 168 Å². The predicted molar refractivity (Wildman–Crippen MR) is 111 cm³/mol. The standard InChI is InChI=1S/C21H22ClN5O/c1-13(2)12-28-19-7-6-16(22)10-15(19)11-27-14(3)9-18(26-27)21-24-17-5-4-8-23-20(17)25-21/h4-10,13H,11-12H2,1-3H3,(H,23,24,25). The molecular weight excluding hydrogens is 374 g/mol. The second kappa shape index (κ2) is 7.64. The second-order valence-corrected chi connectivity index (χ2v) is 7.68. The van der Waals surface area contributed by atoms with Crippen molar-refractivity contribution < 1.29 is 4.74 Å². The van der Waals surface area contributed by atoms with E-state index in [1.54, 1.807) is 6.20 Å². The summed E-state index contributed by atoms with van der Waals surface area (Å²) in [6.45, 7) is 7.50. The maximum Gasteiger partial charge on any atom is 0.178 e. The van der Waals surface area contributed by atoms with Gasteiger partial charge < -0.3 is 9.72 Å². The van der Waals surface area contributed by atoms with Gasteiger partial charge in [0.15, 0.2) is 11.5 Å². The van der Waals surface area contributed by atoms with Crippen LogP contribution in [0.4, 0.5) is 0 Å². The first-order valence-corrected chi connectivity index (χ1v) is 9.64. The van der Waals surface area contributed by atoms with Crippen molar-refractivity contribution in [1.29, 1.82) is 0 Å². The minimum Gasteiger partial charge on any atom is -0.493 e. The van der Waals surface area contributed by atoms with Crippen molar-refractivity contribution in [3.8, 4) is 17.3 Å². The van der Waals surface area contributed by atoms with Gasteiger partial charge in [-0.25, -0.2) is 9.97 Å². The van der Waals surface area contributed by atoms with Gasteiger partial charge in [0.2, 0.25) is 0 Å². The Hall–Kier alpha value is -2.86. The number of H-pyrrole nitrogens is 1. The smallest absolute Gasteiger partial charge is 0.178 e. The van der Waals surface area contributed by atoms with Crippen LogP contribution in [-0.4, -0.2) is 31.3 Å². The van der Waals surface area contributed by atoms with Crippen LogP contribution in [0.3, 0.4) is 0 Å². The third-order valence-electron chi connectivity index (χ3n) is 4.40. The highest BCUT2D eigenvalue weighted by Gasteiger charge is 2.14. The highest BCUT2D eigenvalue weighted by atomic mass is 35.5. The number of hydrogen-bond acceptors (Lipinski definition) is 4. The van der Waals surface area contributed by atoms with Gasteiger partial charge in [0.25, 0.3) is 0 Å². The summed E-state index contributed by atoms with van der Waals surface area (Å²) in [6.07, 6.45) is 1.73. The minimum atomic E-state index is 0.447. The number of rotatable bonds is 6. The zero-order valence-corrected chi connectivity index (χ0v) is 16.9. The summed E-state index contributed by atoms with van der Waals surface area (Å²) < 4.78 is 7.90. The molecule has 3 aromatic heterocycles. The zero-order chi connectivity index (χ0) is 19.7. The number of hydrogen-bond donors (Lipinski definition) is 1. The molecule has 4 aromatic rings. The normalized spacial score (nSPS) is 11.5. The van der Waals surface area contributed by atoms with Crippen LogP contribution in [0.1, 0.15) is 25.1 Å². The van der Waals surface area contributed by atoms with Gasteiger partial charge in [0, 0.05) is 22.5 Å². The highest BCUT2D eigenvalue weighted by Crippen LogP contribution is 2.26. The van der Waals surface area contributed by atoms with Crippen LogP contribution in [0.15, 0.2) is 42.6 Å². The number of aryl methyl sites for hydroxylation is 1. The van der Waals surface area contributed by atoms with Gasteiger partial charge in [-0.15, -0.1) is 0 Å². The van der Waals surface area contributed by atoms with E-state index in [0.717, 1.165) is 28.2 Å². The van der Waals surface area contributed by atoms with Crippen molar-refractivity contribution in [3.05, 3.63) is 58.9 Å². The summed E-state index contributed by atoms with van der Waals surface area (Å²) >= 11 is 6.22. The molecule has 0 spiro atoms. The predicted octanol–water partition coefficient (Wildman–Crippen LogP) is 4.87. The quantitative estimate of drug-likeness (QED) is 0.505. The van der Waals surface area contributed by atoms with Gasteiger partial charge in [-0.3, -0.25) is 4.68 Å². The SMILES string of the molecule is Cc1cc(-c2nc3ncccc3[nH]2)nn1Cc1cc(Cl)ccc1OCC(C)C. The van der Waals surface area contributed by atoms with Crippen molar-refractivity contribution in [1.82, 2.24) is 24.7 Å². The van der Waals surface area contributed by atoms with E-state index >= 15 is 0 Å². The molecule has 0 atom stereocenters. The van der Waals surface area contributed by atoms with Gasteiger partial charge in [-0.05, 0) is 49.2 Å². The lowest BCUT2D eigenvalue weighted by atomic mass is 10.2. The fourth-order valence-electron chi connectivity index (χ4n) is 2.98.